The van der Waals surface area contributed by atoms with Crippen molar-refractivity contribution in [3.05, 3.63) is 70.8 Å². The third-order valence-corrected chi connectivity index (χ3v) is 4.08. The van der Waals surface area contributed by atoms with Crippen LogP contribution in [0.3, 0.4) is 0 Å². The maximum atomic E-state index is 13.8. The Morgan fingerprint density at radius 3 is 2.70 bits per heavy atom. The number of benzene rings is 2. The molecule has 0 saturated carbocycles. The van der Waals surface area contributed by atoms with Crippen LogP contribution in [-0.2, 0) is 18.3 Å². The molecular formula is C17H13F2N. The molecule has 2 aromatic carbocycles. The number of hydrogen-bond donors (Lipinski definition) is 0. The van der Waals surface area contributed by atoms with Gasteiger partial charge < -0.3 is 0 Å². The summed E-state index contributed by atoms with van der Waals surface area (Å²) in [5, 5.41) is 9.62. The Morgan fingerprint density at radius 2 is 1.95 bits per heavy atom. The number of nitriles is 1. The molecule has 1 aliphatic rings. The van der Waals surface area contributed by atoms with Gasteiger partial charge in [0, 0.05) is 6.07 Å². The molecule has 0 N–H and O–H groups in total. The van der Waals surface area contributed by atoms with E-state index in [0.717, 1.165) is 23.6 Å². The Hall–Kier alpha value is -2.21. The SMILES string of the molecule is N#CC1(Cc2ccc(F)cc2F)CCc2ccccc21. The second kappa shape index (κ2) is 4.72. The van der Waals surface area contributed by atoms with Gasteiger partial charge in [-0.3, -0.25) is 0 Å². The van der Waals surface area contributed by atoms with Crippen molar-refractivity contribution in [2.45, 2.75) is 24.7 Å². The summed E-state index contributed by atoms with van der Waals surface area (Å²) in [6.45, 7) is 0. The summed E-state index contributed by atoms with van der Waals surface area (Å²) < 4.78 is 26.8. The number of aryl methyl sites for hydroxylation is 1. The minimum absolute atomic E-state index is 0.284. The standard InChI is InChI=1S/C17H13F2N/c18-14-6-5-13(16(19)9-14)10-17(11-20)8-7-12-3-1-2-4-15(12)17/h1-6,9H,7-8,10H2. The molecule has 0 fully saturated rings. The normalized spacial score (nSPS) is 20.4. The molecule has 0 bridgehead atoms. The zero-order valence-corrected chi connectivity index (χ0v) is 10.9. The summed E-state index contributed by atoms with van der Waals surface area (Å²) in [5.74, 6) is -1.17. The third-order valence-electron chi connectivity index (χ3n) is 4.08. The molecule has 20 heavy (non-hydrogen) atoms. The average molecular weight is 269 g/mol. The maximum absolute atomic E-state index is 13.8. The molecule has 0 spiro atoms. The van der Waals surface area contributed by atoms with Crippen LogP contribution in [-0.4, -0.2) is 0 Å². The van der Waals surface area contributed by atoms with Gasteiger partial charge in [0.1, 0.15) is 11.6 Å². The van der Waals surface area contributed by atoms with Crippen LogP contribution in [0.5, 0.6) is 0 Å². The highest BCUT2D eigenvalue weighted by molar-refractivity contribution is 5.45. The Balaban J connectivity index is 2.02. The predicted octanol–water partition coefficient (Wildman–Crippen LogP) is 3.92. The molecule has 3 heteroatoms. The minimum atomic E-state index is -0.699. The quantitative estimate of drug-likeness (QED) is 0.810. The van der Waals surface area contributed by atoms with Crippen molar-refractivity contribution in [1.29, 1.82) is 5.26 Å². The Morgan fingerprint density at radius 1 is 1.15 bits per heavy atom. The topological polar surface area (TPSA) is 23.8 Å². The van der Waals surface area contributed by atoms with Gasteiger partial charge >= 0.3 is 0 Å². The largest absolute Gasteiger partial charge is 0.207 e. The van der Waals surface area contributed by atoms with Crippen molar-refractivity contribution < 1.29 is 8.78 Å². The van der Waals surface area contributed by atoms with Crippen LogP contribution in [0, 0.1) is 23.0 Å². The van der Waals surface area contributed by atoms with Gasteiger partial charge in [0.2, 0.25) is 0 Å². The molecular weight excluding hydrogens is 256 g/mol. The first-order valence-corrected chi connectivity index (χ1v) is 6.58. The Labute approximate surface area is 116 Å². The first-order valence-electron chi connectivity index (χ1n) is 6.58. The van der Waals surface area contributed by atoms with Crippen molar-refractivity contribution in [2.75, 3.05) is 0 Å². The van der Waals surface area contributed by atoms with Crippen molar-refractivity contribution in [1.82, 2.24) is 0 Å². The van der Waals surface area contributed by atoms with Gasteiger partial charge in [0.15, 0.2) is 0 Å². The fourth-order valence-electron chi connectivity index (χ4n) is 3.02. The van der Waals surface area contributed by atoms with Crippen molar-refractivity contribution in [3.63, 3.8) is 0 Å². The number of fused-ring (bicyclic) bond motifs is 1. The molecule has 0 aliphatic heterocycles. The van der Waals surface area contributed by atoms with Gasteiger partial charge in [-0.05, 0) is 42.0 Å². The van der Waals surface area contributed by atoms with Gasteiger partial charge in [-0.15, -0.1) is 0 Å². The lowest BCUT2D eigenvalue weighted by molar-refractivity contribution is 0.511. The van der Waals surface area contributed by atoms with Crippen LogP contribution in [0.25, 0.3) is 0 Å². The Kier molecular flexibility index (Phi) is 3.02. The molecule has 0 radical (unpaired) electrons. The predicted molar refractivity (Wildman–Crippen MR) is 72.1 cm³/mol. The lowest BCUT2D eigenvalue weighted by atomic mass is 9.78. The second-order valence-corrected chi connectivity index (χ2v) is 5.26. The molecule has 100 valence electrons. The Bertz CT molecular complexity index is 702. The van der Waals surface area contributed by atoms with Gasteiger partial charge in [-0.25, -0.2) is 8.78 Å². The number of halogens is 2. The molecule has 0 heterocycles. The van der Waals surface area contributed by atoms with Crippen LogP contribution in [0.2, 0.25) is 0 Å². The molecule has 2 aromatic rings. The summed E-state index contributed by atoms with van der Waals surface area (Å²) >= 11 is 0. The zero-order valence-electron chi connectivity index (χ0n) is 10.9. The van der Waals surface area contributed by atoms with Crippen LogP contribution in [0.4, 0.5) is 8.78 Å². The van der Waals surface area contributed by atoms with E-state index in [1.54, 1.807) is 0 Å². The van der Waals surface area contributed by atoms with Gasteiger partial charge in [-0.1, -0.05) is 30.3 Å². The highest BCUT2D eigenvalue weighted by Crippen LogP contribution is 2.41. The minimum Gasteiger partial charge on any atom is -0.207 e. The van der Waals surface area contributed by atoms with Gasteiger partial charge in [-0.2, -0.15) is 5.26 Å². The summed E-state index contributed by atoms with van der Waals surface area (Å²) in [5.41, 5.74) is 1.82. The van der Waals surface area contributed by atoms with E-state index in [4.69, 9.17) is 0 Å². The lowest BCUT2D eigenvalue weighted by Gasteiger charge is -2.22. The van der Waals surface area contributed by atoms with Crippen LogP contribution in [0.1, 0.15) is 23.1 Å². The van der Waals surface area contributed by atoms with Crippen LogP contribution >= 0.6 is 0 Å². The van der Waals surface area contributed by atoms with Gasteiger partial charge in [0.05, 0.1) is 11.5 Å². The first-order chi connectivity index (χ1) is 9.64. The van der Waals surface area contributed by atoms with E-state index in [1.807, 2.05) is 24.3 Å². The van der Waals surface area contributed by atoms with E-state index in [2.05, 4.69) is 6.07 Å². The second-order valence-electron chi connectivity index (χ2n) is 5.26. The molecule has 1 unspecified atom stereocenters. The van der Waals surface area contributed by atoms with Crippen molar-refractivity contribution in [3.8, 4) is 6.07 Å². The maximum Gasteiger partial charge on any atom is 0.129 e. The summed E-state index contributed by atoms with van der Waals surface area (Å²) in [6.07, 6.45) is 1.79. The fraction of sp³-hybridized carbons (Fsp3) is 0.235. The van der Waals surface area contributed by atoms with Crippen LogP contribution in [0.15, 0.2) is 42.5 Å². The average Bonchev–Trinajstić information content (AvgIpc) is 2.82. The number of hydrogen-bond acceptors (Lipinski definition) is 1. The van der Waals surface area contributed by atoms with Crippen LogP contribution < -0.4 is 0 Å². The molecule has 1 nitrogen and oxygen atoms in total. The van der Waals surface area contributed by atoms with Crippen molar-refractivity contribution in [2.24, 2.45) is 0 Å². The monoisotopic (exact) mass is 269 g/mol. The number of nitrogens with zero attached hydrogens (tertiary/aromatic N) is 1. The third kappa shape index (κ3) is 1.98. The lowest BCUT2D eigenvalue weighted by Crippen LogP contribution is -2.24. The van der Waals surface area contributed by atoms with E-state index in [0.29, 0.717) is 12.0 Å². The van der Waals surface area contributed by atoms with Crippen molar-refractivity contribution >= 4 is 0 Å². The van der Waals surface area contributed by atoms with E-state index in [-0.39, 0.29) is 6.42 Å². The summed E-state index contributed by atoms with van der Waals surface area (Å²) in [7, 11) is 0. The molecule has 0 amide bonds. The molecule has 0 saturated heterocycles. The van der Waals surface area contributed by atoms with Gasteiger partial charge in [0.25, 0.3) is 0 Å². The smallest absolute Gasteiger partial charge is 0.129 e. The molecule has 1 aliphatic carbocycles. The number of rotatable bonds is 2. The zero-order chi connectivity index (χ0) is 14.2. The first kappa shape index (κ1) is 12.8. The highest BCUT2D eigenvalue weighted by atomic mass is 19.1. The fourth-order valence-corrected chi connectivity index (χ4v) is 3.02. The molecule has 3 rings (SSSR count). The van der Waals surface area contributed by atoms with E-state index in [9.17, 15) is 14.0 Å². The van der Waals surface area contributed by atoms with E-state index in [1.165, 1.54) is 12.1 Å². The highest BCUT2D eigenvalue weighted by Gasteiger charge is 2.39. The summed E-state index contributed by atoms with van der Waals surface area (Å²) in [4.78, 5) is 0. The van der Waals surface area contributed by atoms with E-state index >= 15 is 0 Å². The molecule has 1 atom stereocenters. The van der Waals surface area contributed by atoms with E-state index < -0.39 is 17.0 Å². The summed E-state index contributed by atoms with van der Waals surface area (Å²) in [6, 6.07) is 13.7. The molecule has 0 aromatic heterocycles.